The quantitative estimate of drug-likeness (QED) is 0.741. The Balaban J connectivity index is 2.55. The summed E-state index contributed by atoms with van der Waals surface area (Å²) < 4.78 is 0. The van der Waals surface area contributed by atoms with Crippen molar-refractivity contribution in [2.75, 3.05) is 0 Å². The number of hydrogen-bond acceptors (Lipinski definition) is 3. The summed E-state index contributed by atoms with van der Waals surface area (Å²) in [7, 11) is 0. The molecule has 0 unspecified atom stereocenters. The summed E-state index contributed by atoms with van der Waals surface area (Å²) in [6.07, 6.45) is 3.36. The lowest BCUT2D eigenvalue weighted by molar-refractivity contribution is 0.196. The number of rotatable bonds is 2. The molecule has 0 saturated heterocycles. The fourth-order valence-corrected chi connectivity index (χ4v) is 1.72. The largest absolute Gasteiger partial charge is 0.393 e. The number of aliphatic hydroxyl groups is 1. The first-order valence-electron chi connectivity index (χ1n) is 4.33. The van der Waals surface area contributed by atoms with Gasteiger partial charge in [0.2, 0.25) is 0 Å². The standard InChI is InChI=1S/C9H10ClN3O/c1-5(14)2-6-3-11-9-7(6)8(10)12-4-13-9/h3-5,14H,2H2,1H3,(H,11,12,13)/t5-/m1/s1. The van der Waals surface area contributed by atoms with Gasteiger partial charge in [-0.3, -0.25) is 0 Å². The van der Waals surface area contributed by atoms with E-state index in [-0.39, 0.29) is 0 Å². The van der Waals surface area contributed by atoms with Crippen molar-refractivity contribution >= 4 is 22.6 Å². The predicted molar refractivity (Wildman–Crippen MR) is 54.3 cm³/mol. The number of aromatic nitrogens is 3. The first-order chi connectivity index (χ1) is 6.68. The van der Waals surface area contributed by atoms with Gasteiger partial charge in [0.15, 0.2) is 0 Å². The normalized spacial score (nSPS) is 13.4. The summed E-state index contributed by atoms with van der Waals surface area (Å²) in [6.45, 7) is 1.73. The van der Waals surface area contributed by atoms with E-state index in [0.717, 1.165) is 10.9 Å². The smallest absolute Gasteiger partial charge is 0.142 e. The second-order valence-corrected chi connectivity index (χ2v) is 3.61. The van der Waals surface area contributed by atoms with Gasteiger partial charge in [-0.25, -0.2) is 9.97 Å². The highest BCUT2D eigenvalue weighted by molar-refractivity contribution is 6.34. The van der Waals surface area contributed by atoms with Crippen LogP contribution in [0, 0.1) is 0 Å². The van der Waals surface area contributed by atoms with E-state index in [1.807, 2.05) is 0 Å². The Labute approximate surface area is 86.0 Å². The molecule has 0 saturated carbocycles. The number of nitrogens with zero attached hydrogens (tertiary/aromatic N) is 2. The first kappa shape index (κ1) is 9.43. The van der Waals surface area contributed by atoms with Crippen LogP contribution in [0.3, 0.4) is 0 Å². The Morgan fingerprint density at radius 2 is 2.36 bits per heavy atom. The fraction of sp³-hybridized carbons (Fsp3) is 0.333. The fourth-order valence-electron chi connectivity index (χ4n) is 1.46. The molecule has 0 bridgehead atoms. The van der Waals surface area contributed by atoms with Crippen LogP contribution >= 0.6 is 11.6 Å². The van der Waals surface area contributed by atoms with Crippen molar-refractivity contribution in [3.8, 4) is 0 Å². The van der Waals surface area contributed by atoms with Gasteiger partial charge in [-0.05, 0) is 12.5 Å². The van der Waals surface area contributed by atoms with Gasteiger partial charge in [-0.2, -0.15) is 0 Å². The molecule has 2 heterocycles. The molecule has 2 rings (SSSR count). The summed E-state index contributed by atoms with van der Waals surface area (Å²) in [5.41, 5.74) is 1.65. The second-order valence-electron chi connectivity index (χ2n) is 3.26. The van der Waals surface area contributed by atoms with Gasteiger partial charge in [-0.15, -0.1) is 0 Å². The number of aliphatic hydroxyl groups excluding tert-OH is 1. The van der Waals surface area contributed by atoms with Gasteiger partial charge < -0.3 is 10.1 Å². The minimum absolute atomic E-state index is 0.398. The summed E-state index contributed by atoms with van der Waals surface area (Å²) in [6, 6.07) is 0. The molecule has 1 atom stereocenters. The Kier molecular flexibility index (Phi) is 2.39. The molecule has 74 valence electrons. The van der Waals surface area contributed by atoms with E-state index in [9.17, 15) is 5.11 Å². The Bertz CT molecular complexity index is 452. The molecule has 0 aromatic carbocycles. The number of fused-ring (bicyclic) bond motifs is 1. The molecule has 14 heavy (non-hydrogen) atoms. The van der Waals surface area contributed by atoms with Crippen LogP contribution in [0.5, 0.6) is 0 Å². The third-order valence-electron chi connectivity index (χ3n) is 2.02. The number of aromatic amines is 1. The monoisotopic (exact) mass is 211 g/mol. The molecular weight excluding hydrogens is 202 g/mol. The van der Waals surface area contributed by atoms with Crippen LogP contribution in [0.15, 0.2) is 12.5 Å². The van der Waals surface area contributed by atoms with E-state index in [4.69, 9.17) is 11.6 Å². The zero-order chi connectivity index (χ0) is 10.1. The SMILES string of the molecule is C[C@@H](O)Cc1c[nH]c2ncnc(Cl)c12. The molecule has 0 fully saturated rings. The van der Waals surface area contributed by atoms with E-state index < -0.39 is 6.10 Å². The van der Waals surface area contributed by atoms with Crippen molar-refractivity contribution in [2.45, 2.75) is 19.4 Å². The molecule has 0 aliphatic carbocycles. The van der Waals surface area contributed by atoms with Crippen molar-refractivity contribution in [1.82, 2.24) is 15.0 Å². The third-order valence-corrected chi connectivity index (χ3v) is 2.31. The average Bonchev–Trinajstić information content (AvgIpc) is 2.49. The predicted octanol–water partition coefficient (Wildman–Crippen LogP) is 1.53. The number of hydrogen-bond donors (Lipinski definition) is 2. The molecule has 0 aliphatic heterocycles. The zero-order valence-electron chi connectivity index (χ0n) is 7.66. The maximum atomic E-state index is 9.28. The van der Waals surface area contributed by atoms with Gasteiger partial charge in [0.25, 0.3) is 0 Å². The lowest BCUT2D eigenvalue weighted by atomic mass is 10.1. The molecule has 2 aromatic rings. The van der Waals surface area contributed by atoms with Crippen LogP contribution in [0.25, 0.3) is 11.0 Å². The number of halogens is 1. The molecule has 4 nitrogen and oxygen atoms in total. The van der Waals surface area contributed by atoms with Crippen LogP contribution in [0.1, 0.15) is 12.5 Å². The lowest BCUT2D eigenvalue weighted by Crippen LogP contribution is -2.03. The van der Waals surface area contributed by atoms with Crippen LogP contribution in [0.2, 0.25) is 5.15 Å². The minimum atomic E-state index is -0.398. The summed E-state index contributed by atoms with van der Waals surface area (Å²) in [5.74, 6) is 0. The Morgan fingerprint density at radius 3 is 3.07 bits per heavy atom. The lowest BCUT2D eigenvalue weighted by Gasteiger charge is -2.02. The van der Waals surface area contributed by atoms with E-state index in [0.29, 0.717) is 17.2 Å². The van der Waals surface area contributed by atoms with Gasteiger partial charge in [-0.1, -0.05) is 11.6 Å². The molecule has 0 amide bonds. The molecular formula is C9H10ClN3O. The van der Waals surface area contributed by atoms with Crippen molar-refractivity contribution in [3.63, 3.8) is 0 Å². The summed E-state index contributed by atoms with van der Waals surface area (Å²) in [5, 5.41) is 10.5. The number of H-pyrrole nitrogens is 1. The maximum absolute atomic E-state index is 9.28. The van der Waals surface area contributed by atoms with Crippen LogP contribution in [0.4, 0.5) is 0 Å². The van der Waals surface area contributed by atoms with Crippen molar-refractivity contribution < 1.29 is 5.11 Å². The first-order valence-corrected chi connectivity index (χ1v) is 4.71. The zero-order valence-corrected chi connectivity index (χ0v) is 8.41. The van der Waals surface area contributed by atoms with E-state index in [1.54, 1.807) is 13.1 Å². The van der Waals surface area contributed by atoms with Gasteiger partial charge in [0.05, 0.1) is 11.5 Å². The number of nitrogens with one attached hydrogen (secondary N) is 1. The Morgan fingerprint density at radius 1 is 1.57 bits per heavy atom. The van der Waals surface area contributed by atoms with Crippen LogP contribution in [-0.4, -0.2) is 26.2 Å². The summed E-state index contributed by atoms with van der Waals surface area (Å²) in [4.78, 5) is 10.9. The van der Waals surface area contributed by atoms with Crippen molar-refractivity contribution in [3.05, 3.63) is 23.2 Å². The molecule has 2 N–H and O–H groups in total. The Hall–Kier alpha value is -1.13. The molecule has 0 aliphatic rings. The van der Waals surface area contributed by atoms with Gasteiger partial charge in [0, 0.05) is 12.6 Å². The van der Waals surface area contributed by atoms with Crippen LogP contribution < -0.4 is 0 Å². The third kappa shape index (κ3) is 1.58. The molecule has 0 radical (unpaired) electrons. The average molecular weight is 212 g/mol. The van der Waals surface area contributed by atoms with Gasteiger partial charge in [0.1, 0.15) is 17.1 Å². The van der Waals surface area contributed by atoms with Crippen LogP contribution in [-0.2, 0) is 6.42 Å². The van der Waals surface area contributed by atoms with Crippen molar-refractivity contribution in [2.24, 2.45) is 0 Å². The highest BCUT2D eigenvalue weighted by atomic mass is 35.5. The molecule has 2 aromatic heterocycles. The summed E-state index contributed by atoms with van der Waals surface area (Å²) >= 11 is 5.93. The topological polar surface area (TPSA) is 61.8 Å². The van der Waals surface area contributed by atoms with Crippen molar-refractivity contribution in [1.29, 1.82) is 0 Å². The maximum Gasteiger partial charge on any atom is 0.142 e. The second kappa shape index (κ2) is 3.55. The highest BCUT2D eigenvalue weighted by Crippen LogP contribution is 2.23. The highest BCUT2D eigenvalue weighted by Gasteiger charge is 2.10. The van der Waals surface area contributed by atoms with Gasteiger partial charge >= 0.3 is 0 Å². The van der Waals surface area contributed by atoms with E-state index >= 15 is 0 Å². The minimum Gasteiger partial charge on any atom is -0.393 e. The molecule has 5 heteroatoms. The van der Waals surface area contributed by atoms with E-state index in [1.165, 1.54) is 6.33 Å². The molecule has 0 spiro atoms. The van der Waals surface area contributed by atoms with E-state index in [2.05, 4.69) is 15.0 Å².